The highest BCUT2D eigenvalue weighted by Gasteiger charge is 2.35. The molecule has 0 radical (unpaired) electrons. The van der Waals surface area contributed by atoms with Crippen LogP contribution in [0.1, 0.15) is 75.7 Å². The molecule has 1 fully saturated rings. The van der Waals surface area contributed by atoms with Crippen molar-refractivity contribution in [3.8, 4) is 17.7 Å². The van der Waals surface area contributed by atoms with Crippen molar-refractivity contribution in [2.24, 2.45) is 11.8 Å². The van der Waals surface area contributed by atoms with Crippen LogP contribution in [-0.2, 0) is 4.79 Å². The second kappa shape index (κ2) is 11.4. The number of aromatic nitrogens is 1. The summed E-state index contributed by atoms with van der Waals surface area (Å²) in [6.45, 7) is 7.52. The average molecular weight is 486 g/mol. The summed E-state index contributed by atoms with van der Waals surface area (Å²) < 4.78 is 6.28. The molecule has 3 rings (SSSR count). The summed E-state index contributed by atoms with van der Waals surface area (Å²) in [5.41, 5.74) is -0.446. The smallest absolute Gasteiger partial charge is 0.259 e. The van der Waals surface area contributed by atoms with Gasteiger partial charge in [0.25, 0.3) is 5.91 Å². The van der Waals surface area contributed by atoms with Gasteiger partial charge in [0.05, 0.1) is 19.2 Å². The number of ether oxygens (including phenoxy) is 1. The van der Waals surface area contributed by atoms with Crippen LogP contribution < -0.4 is 4.74 Å². The van der Waals surface area contributed by atoms with E-state index in [1.165, 1.54) is 12.6 Å². The van der Waals surface area contributed by atoms with Crippen molar-refractivity contribution in [1.82, 2.24) is 14.8 Å². The average Bonchev–Trinajstić information content (AvgIpc) is 2.84. The first kappa shape index (κ1) is 27.0. The lowest BCUT2D eigenvalue weighted by Gasteiger charge is -2.38. The van der Waals surface area contributed by atoms with Crippen molar-refractivity contribution < 1.29 is 24.5 Å². The predicted octanol–water partition coefficient (Wildman–Crippen LogP) is 2.46. The fraction of sp³-hybridized carbons (Fsp3) is 0.667. The molecule has 1 aliphatic heterocycles. The Morgan fingerprint density at radius 1 is 1.34 bits per heavy atom. The van der Waals surface area contributed by atoms with Crippen molar-refractivity contribution in [1.29, 1.82) is 0 Å². The maximum atomic E-state index is 13.5. The third kappa shape index (κ3) is 6.96. The summed E-state index contributed by atoms with van der Waals surface area (Å²) in [7, 11) is 1.81. The van der Waals surface area contributed by atoms with Gasteiger partial charge in [-0.05, 0) is 39.7 Å². The van der Waals surface area contributed by atoms with Crippen LogP contribution in [0.25, 0.3) is 0 Å². The summed E-state index contributed by atoms with van der Waals surface area (Å²) in [5, 5.41) is 19.7. The van der Waals surface area contributed by atoms with E-state index in [2.05, 4.69) is 16.8 Å². The fourth-order valence-corrected chi connectivity index (χ4v) is 4.63. The summed E-state index contributed by atoms with van der Waals surface area (Å²) in [4.78, 5) is 34.3. The third-order valence-electron chi connectivity index (χ3n) is 6.82. The first-order chi connectivity index (χ1) is 16.5. The molecule has 0 bridgehead atoms. The Balaban J connectivity index is 1.91. The zero-order valence-corrected chi connectivity index (χ0v) is 21.6. The number of pyridine rings is 1. The molecule has 1 aromatic rings. The first-order valence-corrected chi connectivity index (χ1v) is 12.6. The van der Waals surface area contributed by atoms with Gasteiger partial charge in [0.2, 0.25) is 11.8 Å². The number of fused-ring (bicyclic) bond motifs is 1. The Morgan fingerprint density at radius 3 is 2.66 bits per heavy atom. The zero-order chi connectivity index (χ0) is 25.8. The van der Waals surface area contributed by atoms with Crippen LogP contribution in [0.5, 0.6) is 5.88 Å². The Kier molecular flexibility index (Phi) is 8.79. The van der Waals surface area contributed by atoms with Crippen LogP contribution in [0.2, 0.25) is 0 Å². The number of aliphatic hydroxyl groups excluding tert-OH is 1. The molecule has 0 unspecified atom stereocenters. The number of hydrogen-bond acceptors (Lipinski definition) is 6. The van der Waals surface area contributed by atoms with Crippen molar-refractivity contribution in [2.75, 3.05) is 26.7 Å². The molecule has 0 spiro atoms. The lowest BCUT2D eigenvalue weighted by Crippen LogP contribution is -2.51. The number of nitrogens with zero attached hydrogens (tertiary/aromatic N) is 3. The van der Waals surface area contributed by atoms with Crippen molar-refractivity contribution >= 4 is 11.8 Å². The summed E-state index contributed by atoms with van der Waals surface area (Å²) in [6, 6.07) is 1.22. The summed E-state index contributed by atoms with van der Waals surface area (Å²) in [6.07, 6.45) is 6.37. The number of aliphatic hydroxyl groups is 2. The topological polar surface area (TPSA) is 103 Å². The number of rotatable bonds is 5. The maximum Gasteiger partial charge on any atom is 0.259 e. The summed E-state index contributed by atoms with van der Waals surface area (Å²) >= 11 is 0. The van der Waals surface area contributed by atoms with Crippen LogP contribution in [0, 0.1) is 23.7 Å². The second-order valence-corrected chi connectivity index (χ2v) is 10.6. The molecule has 3 atom stereocenters. The minimum absolute atomic E-state index is 0.0624. The maximum absolute atomic E-state index is 13.5. The second-order valence-electron chi connectivity index (χ2n) is 10.6. The van der Waals surface area contributed by atoms with Crippen LogP contribution in [-0.4, -0.2) is 81.3 Å². The highest BCUT2D eigenvalue weighted by molar-refractivity contribution is 5.97. The van der Waals surface area contributed by atoms with Crippen LogP contribution in [0.4, 0.5) is 0 Å². The Labute approximate surface area is 208 Å². The molecule has 0 aromatic carbocycles. The quantitative estimate of drug-likeness (QED) is 0.621. The molecule has 2 N–H and O–H groups in total. The number of likely N-dealkylation sites (N-methyl/N-ethyl adjacent to an activating group) is 1. The molecule has 2 amide bonds. The van der Waals surface area contributed by atoms with E-state index in [4.69, 9.17) is 4.74 Å². The van der Waals surface area contributed by atoms with E-state index in [0.717, 1.165) is 25.7 Å². The molecule has 0 saturated heterocycles. The van der Waals surface area contributed by atoms with E-state index in [1.807, 2.05) is 14.0 Å². The van der Waals surface area contributed by atoms with E-state index >= 15 is 0 Å². The summed E-state index contributed by atoms with van der Waals surface area (Å²) in [5.74, 6) is 5.60. The minimum atomic E-state index is -1.18. The van der Waals surface area contributed by atoms with Crippen molar-refractivity contribution in [2.45, 2.75) is 77.5 Å². The molecule has 192 valence electrons. The number of carbonyl (C=O) groups is 2. The predicted molar refractivity (Wildman–Crippen MR) is 133 cm³/mol. The minimum Gasteiger partial charge on any atom is -0.472 e. The molecular formula is C27H39N3O5. The zero-order valence-electron chi connectivity index (χ0n) is 21.6. The van der Waals surface area contributed by atoms with Gasteiger partial charge in [0.1, 0.15) is 17.3 Å². The molecule has 8 nitrogen and oxygen atoms in total. The molecular weight excluding hydrogens is 446 g/mol. The Bertz CT molecular complexity index is 971. The van der Waals surface area contributed by atoms with Crippen LogP contribution in [0.3, 0.4) is 0 Å². The molecule has 1 aliphatic carbocycles. The highest BCUT2D eigenvalue weighted by Crippen LogP contribution is 2.29. The SMILES string of the molecule is C[C@@H]1CN([C@@H](C)CO)C(=O)c2cc(C#CC(C)(C)O)cnc2O[C@@H]1CN(C)C(=O)C1CCCCC1. The van der Waals surface area contributed by atoms with E-state index in [-0.39, 0.29) is 47.8 Å². The monoisotopic (exact) mass is 485 g/mol. The van der Waals surface area contributed by atoms with Gasteiger partial charge in [-0.3, -0.25) is 9.59 Å². The van der Waals surface area contributed by atoms with Gasteiger partial charge in [0, 0.05) is 37.2 Å². The van der Waals surface area contributed by atoms with Gasteiger partial charge in [-0.15, -0.1) is 0 Å². The van der Waals surface area contributed by atoms with E-state index in [9.17, 15) is 19.8 Å². The number of hydrogen-bond donors (Lipinski definition) is 2. The Hall–Kier alpha value is -2.63. The lowest BCUT2D eigenvalue weighted by molar-refractivity contribution is -0.136. The van der Waals surface area contributed by atoms with E-state index < -0.39 is 11.6 Å². The number of carbonyl (C=O) groups excluding carboxylic acids is 2. The van der Waals surface area contributed by atoms with Gasteiger partial charge in [-0.2, -0.15) is 0 Å². The molecule has 2 aliphatic rings. The van der Waals surface area contributed by atoms with Gasteiger partial charge < -0.3 is 24.7 Å². The number of amides is 2. The highest BCUT2D eigenvalue weighted by atomic mass is 16.5. The van der Waals surface area contributed by atoms with Gasteiger partial charge in [-0.25, -0.2) is 4.98 Å². The largest absolute Gasteiger partial charge is 0.472 e. The Morgan fingerprint density at radius 2 is 2.03 bits per heavy atom. The van der Waals surface area contributed by atoms with Crippen LogP contribution >= 0.6 is 0 Å². The van der Waals surface area contributed by atoms with Crippen molar-refractivity contribution in [3.63, 3.8) is 0 Å². The van der Waals surface area contributed by atoms with Crippen LogP contribution in [0.15, 0.2) is 12.3 Å². The van der Waals surface area contributed by atoms with Gasteiger partial charge >= 0.3 is 0 Å². The lowest BCUT2D eigenvalue weighted by atomic mass is 9.88. The first-order valence-electron chi connectivity index (χ1n) is 12.6. The van der Waals surface area contributed by atoms with Gasteiger partial charge in [-0.1, -0.05) is 38.0 Å². The molecule has 2 heterocycles. The van der Waals surface area contributed by atoms with E-state index in [1.54, 1.807) is 36.6 Å². The van der Waals surface area contributed by atoms with Crippen molar-refractivity contribution in [3.05, 3.63) is 23.4 Å². The molecule has 1 aromatic heterocycles. The normalized spacial score (nSPS) is 22.1. The third-order valence-corrected chi connectivity index (χ3v) is 6.82. The standard InChI is InChI=1S/C27H39N3O5/c1-18-15-30(19(2)17-31)26(33)22-13-20(11-12-27(3,4)34)14-28-24(22)35-23(18)16-29(5)25(32)21-9-7-6-8-10-21/h13-14,18-19,21,23,31,34H,6-10,15-17H2,1-5H3/t18-,19+,23-/m1/s1. The molecule has 35 heavy (non-hydrogen) atoms. The molecule has 1 saturated carbocycles. The van der Waals surface area contributed by atoms with E-state index in [0.29, 0.717) is 18.7 Å². The molecule has 8 heteroatoms. The van der Waals surface area contributed by atoms with Gasteiger partial charge in [0.15, 0.2) is 0 Å². The fourth-order valence-electron chi connectivity index (χ4n) is 4.63.